The number of methoxy groups -OCH3 is 1. The molecule has 1 aromatic rings. The van der Waals surface area contributed by atoms with Crippen LogP contribution in [0.4, 0.5) is 0 Å². The second-order valence-corrected chi connectivity index (χ2v) is 6.03. The summed E-state index contributed by atoms with van der Waals surface area (Å²) in [6.07, 6.45) is 7.31. The van der Waals surface area contributed by atoms with E-state index in [0.29, 0.717) is 0 Å². The first-order chi connectivity index (χ1) is 8.69. The SMILES string of the molecule is COc1ccc(Cl)cc1CC1(CCl)CCCCC1. The van der Waals surface area contributed by atoms with Crippen molar-refractivity contribution in [2.45, 2.75) is 38.5 Å². The Hall–Kier alpha value is -0.400. The van der Waals surface area contributed by atoms with Gasteiger partial charge in [0.05, 0.1) is 7.11 Å². The Kier molecular flexibility index (Phi) is 4.80. The molecule has 0 saturated heterocycles. The van der Waals surface area contributed by atoms with Crippen LogP contribution in [0.15, 0.2) is 18.2 Å². The molecular weight excluding hydrogens is 267 g/mol. The summed E-state index contributed by atoms with van der Waals surface area (Å²) in [4.78, 5) is 0. The minimum atomic E-state index is 0.234. The summed E-state index contributed by atoms with van der Waals surface area (Å²) in [5.41, 5.74) is 1.42. The molecular formula is C15H20Cl2O. The molecule has 0 spiro atoms. The largest absolute Gasteiger partial charge is 0.496 e. The fourth-order valence-corrected chi connectivity index (χ4v) is 3.51. The normalized spacial score (nSPS) is 18.6. The maximum absolute atomic E-state index is 6.25. The summed E-state index contributed by atoms with van der Waals surface area (Å²) >= 11 is 12.3. The van der Waals surface area contributed by atoms with Gasteiger partial charge in [0, 0.05) is 10.9 Å². The average molecular weight is 287 g/mol. The Balaban J connectivity index is 2.23. The van der Waals surface area contributed by atoms with Crippen molar-refractivity contribution in [2.75, 3.05) is 13.0 Å². The van der Waals surface area contributed by atoms with Gasteiger partial charge in [-0.1, -0.05) is 30.9 Å². The zero-order valence-corrected chi connectivity index (χ0v) is 12.4. The van der Waals surface area contributed by atoms with E-state index in [1.54, 1.807) is 7.11 Å². The van der Waals surface area contributed by atoms with E-state index < -0.39 is 0 Å². The fraction of sp³-hybridized carbons (Fsp3) is 0.600. The van der Waals surface area contributed by atoms with Crippen molar-refractivity contribution in [2.24, 2.45) is 5.41 Å². The highest BCUT2D eigenvalue weighted by atomic mass is 35.5. The molecule has 0 aromatic heterocycles. The molecule has 3 heteroatoms. The van der Waals surface area contributed by atoms with Crippen LogP contribution in [0.3, 0.4) is 0 Å². The molecule has 1 fully saturated rings. The van der Waals surface area contributed by atoms with Gasteiger partial charge in [-0.15, -0.1) is 11.6 Å². The Morgan fingerprint density at radius 2 is 1.94 bits per heavy atom. The van der Waals surface area contributed by atoms with Gasteiger partial charge in [-0.3, -0.25) is 0 Å². The van der Waals surface area contributed by atoms with Gasteiger partial charge in [0.1, 0.15) is 5.75 Å². The Labute approximate surface area is 119 Å². The summed E-state index contributed by atoms with van der Waals surface area (Å²) in [6, 6.07) is 5.84. The topological polar surface area (TPSA) is 9.23 Å². The van der Waals surface area contributed by atoms with Crippen LogP contribution in [-0.4, -0.2) is 13.0 Å². The predicted octanol–water partition coefficient (Wildman–Crippen LogP) is 5.08. The van der Waals surface area contributed by atoms with Crippen LogP contribution < -0.4 is 4.74 Å². The van der Waals surface area contributed by atoms with Crippen LogP contribution in [0.1, 0.15) is 37.7 Å². The lowest BCUT2D eigenvalue weighted by atomic mass is 9.71. The van der Waals surface area contributed by atoms with Crippen molar-refractivity contribution >= 4 is 23.2 Å². The van der Waals surface area contributed by atoms with E-state index in [4.69, 9.17) is 27.9 Å². The molecule has 0 unspecified atom stereocenters. The summed E-state index contributed by atoms with van der Waals surface area (Å²) in [5.74, 6) is 1.65. The van der Waals surface area contributed by atoms with Crippen LogP contribution >= 0.6 is 23.2 Å². The van der Waals surface area contributed by atoms with Gasteiger partial charge in [-0.25, -0.2) is 0 Å². The molecule has 18 heavy (non-hydrogen) atoms. The van der Waals surface area contributed by atoms with Gasteiger partial charge in [0.25, 0.3) is 0 Å². The molecule has 0 atom stereocenters. The quantitative estimate of drug-likeness (QED) is 0.702. The molecule has 1 nitrogen and oxygen atoms in total. The molecule has 100 valence electrons. The number of alkyl halides is 1. The number of halogens is 2. The Bertz CT molecular complexity index is 397. The fourth-order valence-electron chi connectivity index (χ4n) is 2.95. The van der Waals surface area contributed by atoms with E-state index in [1.807, 2.05) is 18.2 Å². The average Bonchev–Trinajstić information content (AvgIpc) is 2.40. The molecule has 1 aliphatic carbocycles. The van der Waals surface area contributed by atoms with Crippen LogP contribution in [0.25, 0.3) is 0 Å². The third kappa shape index (κ3) is 3.13. The zero-order chi connectivity index (χ0) is 13.0. The highest BCUT2D eigenvalue weighted by Gasteiger charge is 2.32. The van der Waals surface area contributed by atoms with Gasteiger partial charge < -0.3 is 4.74 Å². The van der Waals surface area contributed by atoms with E-state index in [2.05, 4.69) is 0 Å². The maximum atomic E-state index is 6.25. The number of ether oxygens (including phenoxy) is 1. The molecule has 0 aliphatic heterocycles. The summed E-state index contributed by atoms with van der Waals surface area (Å²) < 4.78 is 5.43. The van der Waals surface area contributed by atoms with Crippen molar-refractivity contribution in [3.63, 3.8) is 0 Å². The summed E-state index contributed by atoms with van der Waals surface area (Å²) in [6.45, 7) is 0. The second-order valence-electron chi connectivity index (χ2n) is 5.33. The predicted molar refractivity (Wildman–Crippen MR) is 77.9 cm³/mol. The Morgan fingerprint density at radius 1 is 1.22 bits per heavy atom. The van der Waals surface area contributed by atoms with E-state index in [0.717, 1.165) is 23.1 Å². The van der Waals surface area contributed by atoms with E-state index in [1.165, 1.54) is 37.7 Å². The molecule has 0 radical (unpaired) electrons. The van der Waals surface area contributed by atoms with Crippen molar-refractivity contribution in [1.82, 2.24) is 0 Å². The minimum Gasteiger partial charge on any atom is -0.496 e. The first-order valence-corrected chi connectivity index (χ1v) is 7.49. The molecule has 0 bridgehead atoms. The molecule has 1 saturated carbocycles. The van der Waals surface area contributed by atoms with E-state index in [-0.39, 0.29) is 5.41 Å². The first kappa shape index (κ1) is 14.0. The molecule has 0 N–H and O–H groups in total. The standard InChI is InChI=1S/C15H20Cl2O/c1-18-14-6-5-13(17)9-12(14)10-15(11-16)7-3-2-4-8-15/h5-6,9H,2-4,7-8,10-11H2,1H3. The van der Waals surface area contributed by atoms with Gasteiger partial charge in [0.2, 0.25) is 0 Å². The summed E-state index contributed by atoms with van der Waals surface area (Å²) in [7, 11) is 1.71. The molecule has 1 aromatic carbocycles. The van der Waals surface area contributed by atoms with Crippen molar-refractivity contribution in [3.05, 3.63) is 28.8 Å². The van der Waals surface area contributed by atoms with Crippen LogP contribution in [0, 0.1) is 5.41 Å². The van der Waals surface area contributed by atoms with Crippen molar-refractivity contribution in [3.8, 4) is 5.75 Å². The molecule has 2 rings (SSSR count). The highest BCUT2D eigenvalue weighted by Crippen LogP contribution is 2.42. The number of benzene rings is 1. The van der Waals surface area contributed by atoms with Crippen LogP contribution in [-0.2, 0) is 6.42 Å². The Morgan fingerprint density at radius 3 is 2.56 bits per heavy atom. The highest BCUT2D eigenvalue weighted by molar-refractivity contribution is 6.30. The van der Waals surface area contributed by atoms with E-state index in [9.17, 15) is 0 Å². The second kappa shape index (κ2) is 6.16. The smallest absolute Gasteiger partial charge is 0.122 e. The lowest BCUT2D eigenvalue weighted by Gasteiger charge is -2.36. The van der Waals surface area contributed by atoms with Gasteiger partial charge in [-0.05, 0) is 48.4 Å². The van der Waals surface area contributed by atoms with E-state index >= 15 is 0 Å². The van der Waals surface area contributed by atoms with Gasteiger partial charge >= 0.3 is 0 Å². The van der Waals surface area contributed by atoms with Crippen molar-refractivity contribution in [1.29, 1.82) is 0 Å². The minimum absolute atomic E-state index is 0.234. The zero-order valence-electron chi connectivity index (χ0n) is 10.8. The van der Waals surface area contributed by atoms with Crippen LogP contribution in [0.2, 0.25) is 5.02 Å². The third-order valence-electron chi connectivity index (χ3n) is 4.01. The lowest BCUT2D eigenvalue weighted by Crippen LogP contribution is -2.28. The monoisotopic (exact) mass is 286 g/mol. The first-order valence-electron chi connectivity index (χ1n) is 6.57. The number of hydrogen-bond acceptors (Lipinski definition) is 1. The summed E-state index contributed by atoms with van der Waals surface area (Å²) in [5, 5.41) is 0.770. The van der Waals surface area contributed by atoms with Crippen molar-refractivity contribution < 1.29 is 4.74 Å². The third-order valence-corrected chi connectivity index (χ3v) is 4.81. The lowest BCUT2D eigenvalue weighted by molar-refractivity contribution is 0.217. The molecule has 0 heterocycles. The number of rotatable bonds is 4. The number of hydrogen-bond donors (Lipinski definition) is 0. The molecule has 0 amide bonds. The molecule has 1 aliphatic rings. The van der Waals surface area contributed by atoms with Gasteiger partial charge in [0.15, 0.2) is 0 Å². The maximum Gasteiger partial charge on any atom is 0.122 e. The van der Waals surface area contributed by atoms with Crippen LogP contribution in [0.5, 0.6) is 5.75 Å². The van der Waals surface area contributed by atoms with Gasteiger partial charge in [-0.2, -0.15) is 0 Å².